The van der Waals surface area contributed by atoms with Crippen LogP contribution in [0.15, 0.2) is 77.7 Å². The molecule has 0 radical (unpaired) electrons. The zero-order chi connectivity index (χ0) is 20.0. The van der Waals surface area contributed by atoms with Gasteiger partial charge in [-0.25, -0.2) is 12.8 Å². The Morgan fingerprint density at radius 3 is 1.86 bits per heavy atom. The largest absolute Gasteiger partial charge is 0.323 e. The number of piperazine rings is 1. The first-order chi connectivity index (χ1) is 14.1. The van der Waals surface area contributed by atoms with Crippen LogP contribution in [0.4, 0.5) is 4.39 Å². The van der Waals surface area contributed by atoms with Gasteiger partial charge in [0.1, 0.15) is 11.9 Å². The Balaban J connectivity index is 1.39. The third-order valence-electron chi connectivity index (χ3n) is 6.06. The summed E-state index contributed by atoms with van der Waals surface area (Å²) in [5.41, 5.74) is 5.20. The van der Waals surface area contributed by atoms with Gasteiger partial charge in [0, 0.05) is 11.1 Å². The zero-order valence-electron chi connectivity index (χ0n) is 15.9. The molecule has 4 nitrogen and oxygen atoms in total. The van der Waals surface area contributed by atoms with Crippen molar-refractivity contribution in [2.24, 2.45) is 0 Å². The number of sulfonamides is 1. The van der Waals surface area contributed by atoms with Crippen molar-refractivity contribution in [3.63, 3.8) is 0 Å². The summed E-state index contributed by atoms with van der Waals surface area (Å²) in [5, 5.41) is 0. The number of rotatable bonds is 3. The minimum Gasteiger partial charge on any atom is -0.323 e. The van der Waals surface area contributed by atoms with Gasteiger partial charge in [-0.2, -0.15) is 4.31 Å². The Hall–Kier alpha value is -2.54. The molecule has 0 amide bonds. The van der Waals surface area contributed by atoms with E-state index in [-0.39, 0.29) is 10.9 Å². The van der Waals surface area contributed by atoms with Crippen LogP contribution in [-0.2, 0) is 10.0 Å². The number of hydrogen-bond donors (Lipinski definition) is 1. The molecule has 3 aromatic rings. The molecule has 0 saturated carbocycles. The van der Waals surface area contributed by atoms with Gasteiger partial charge in [0.2, 0.25) is 10.0 Å². The summed E-state index contributed by atoms with van der Waals surface area (Å²) in [4.78, 5) is 1.53. The molecule has 6 heteroatoms. The maximum absolute atomic E-state index is 13.2. The molecule has 1 saturated heterocycles. The van der Waals surface area contributed by atoms with Crippen molar-refractivity contribution in [3.8, 4) is 11.1 Å². The van der Waals surface area contributed by atoms with Crippen LogP contribution in [0.1, 0.15) is 17.2 Å². The van der Waals surface area contributed by atoms with Crippen molar-refractivity contribution in [3.05, 3.63) is 89.7 Å². The molecule has 1 aliphatic heterocycles. The van der Waals surface area contributed by atoms with Crippen molar-refractivity contribution in [2.45, 2.75) is 10.9 Å². The average Bonchev–Trinajstić information content (AvgIpc) is 3.09. The second-order valence-corrected chi connectivity index (χ2v) is 9.56. The summed E-state index contributed by atoms with van der Waals surface area (Å²) in [6, 6.07) is 22.3. The van der Waals surface area contributed by atoms with E-state index >= 15 is 0 Å². The predicted octanol–water partition coefficient (Wildman–Crippen LogP) is 2.48. The maximum Gasteiger partial charge on any atom is 0.243 e. The van der Waals surface area contributed by atoms with Crippen LogP contribution >= 0.6 is 0 Å². The molecule has 0 bridgehead atoms. The minimum atomic E-state index is -3.59. The van der Waals surface area contributed by atoms with Crippen LogP contribution < -0.4 is 4.90 Å². The van der Waals surface area contributed by atoms with Crippen LogP contribution in [0.3, 0.4) is 0 Å². The van der Waals surface area contributed by atoms with E-state index in [1.54, 1.807) is 0 Å². The minimum absolute atomic E-state index is 0.152. The van der Waals surface area contributed by atoms with E-state index < -0.39 is 15.8 Å². The number of nitrogens with one attached hydrogen (secondary N) is 1. The van der Waals surface area contributed by atoms with Gasteiger partial charge < -0.3 is 4.90 Å². The molecule has 3 aromatic carbocycles. The number of nitrogens with zero attached hydrogens (tertiary/aromatic N) is 1. The summed E-state index contributed by atoms with van der Waals surface area (Å²) >= 11 is 0. The van der Waals surface area contributed by atoms with E-state index in [1.165, 1.54) is 55.7 Å². The van der Waals surface area contributed by atoms with Crippen molar-refractivity contribution >= 4 is 10.0 Å². The number of hydrogen-bond acceptors (Lipinski definition) is 2. The van der Waals surface area contributed by atoms with E-state index in [2.05, 4.69) is 48.5 Å². The van der Waals surface area contributed by atoms with Crippen LogP contribution in [0, 0.1) is 5.82 Å². The van der Waals surface area contributed by atoms with Crippen LogP contribution in [-0.4, -0.2) is 38.9 Å². The van der Waals surface area contributed by atoms with Gasteiger partial charge in [-0.3, -0.25) is 0 Å². The Morgan fingerprint density at radius 1 is 0.793 bits per heavy atom. The lowest BCUT2D eigenvalue weighted by atomic mass is 10.0. The van der Waals surface area contributed by atoms with Crippen molar-refractivity contribution in [2.75, 3.05) is 26.2 Å². The second-order valence-electron chi connectivity index (χ2n) is 7.62. The summed E-state index contributed by atoms with van der Waals surface area (Å²) in [5.74, 6) is -0.434. The van der Waals surface area contributed by atoms with Gasteiger partial charge in [-0.15, -0.1) is 0 Å². The summed E-state index contributed by atoms with van der Waals surface area (Å²) in [7, 11) is -3.59. The van der Waals surface area contributed by atoms with Gasteiger partial charge in [-0.05, 0) is 35.4 Å². The van der Waals surface area contributed by atoms with E-state index in [0.29, 0.717) is 13.1 Å². The Kier molecular flexibility index (Phi) is 4.50. The topological polar surface area (TPSA) is 41.8 Å². The molecule has 1 heterocycles. The zero-order valence-corrected chi connectivity index (χ0v) is 16.7. The molecule has 0 unspecified atom stereocenters. The maximum atomic E-state index is 13.2. The van der Waals surface area contributed by atoms with Crippen LogP contribution in [0.5, 0.6) is 0 Å². The molecule has 0 aromatic heterocycles. The van der Waals surface area contributed by atoms with Crippen molar-refractivity contribution < 1.29 is 17.7 Å². The Morgan fingerprint density at radius 2 is 1.31 bits per heavy atom. The third kappa shape index (κ3) is 3.08. The number of halogens is 1. The number of fused-ring (bicyclic) bond motifs is 3. The number of benzene rings is 3. The van der Waals surface area contributed by atoms with E-state index in [4.69, 9.17) is 0 Å². The quantitative estimate of drug-likeness (QED) is 0.722. The standard InChI is InChI=1S/C23H21FN2O2S/c24-17-9-11-18(12-10-17)29(27,28)26-15-13-25(14-16-26)23-21-7-3-1-5-19(21)20-6-2-4-8-22(20)23/h1-12,23H,13-16H2/p+1. The van der Waals surface area contributed by atoms with Crippen molar-refractivity contribution in [1.82, 2.24) is 4.31 Å². The first kappa shape index (κ1) is 18.5. The molecular formula is C23H22FN2O2S+. The molecule has 5 rings (SSSR count). The van der Waals surface area contributed by atoms with Gasteiger partial charge in [-0.1, -0.05) is 48.5 Å². The lowest BCUT2D eigenvalue weighted by Crippen LogP contribution is -3.15. The monoisotopic (exact) mass is 409 g/mol. The lowest BCUT2D eigenvalue weighted by molar-refractivity contribution is -0.928. The smallest absolute Gasteiger partial charge is 0.243 e. The molecule has 29 heavy (non-hydrogen) atoms. The van der Waals surface area contributed by atoms with Crippen LogP contribution in [0.2, 0.25) is 0 Å². The fraction of sp³-hybridized carbons (Fsp3) is 0.217. The molecule has 148 valence electrons. The Labute approximate surface area is 170 Å². The fourth-order valence-electron chi connectivity index (χ4n) is 4.65. The first-order valence-corrected chi connectivity index (χ1v) is 11.3. The summed E-state index contributed by atoms with van der Waals surface area (Å²) in [6.45, 7) is 2.37. The van der Waals surface area contributed by atoms with Gasteiger partial charge in [0.15, 0.2) is 0 Å². The SMILES string of the molecule is O=S(=O)(c1ccc(F)cc1)N1CC[NH+](C2c3ccccc3-c3ccccc32)CC1. The molecule has 2 aliphatic rings. The second kappa shape index (κ2) is 7.06. The van der Waals surface area contributed by atoms with Crippen molar-refractivity contribution in [1.29, 1.82) is 0 Å². The highest BCUT2D eigenvalue weighted by Gasteiger charge is 2.39. The molecule has 1 fully saturated rings. The first-order valence-electron chi connectivity index (χ1n) is 9.84. The van der Waals surface area contributed by atoms with Gasteiger partial charge >= 0.3 is 0 Å². The Bertz CT molecular complexity index is 1110. The van der Waals surface area contributed by atoms with E-state index in [0.717, 1.165) is 13.1 Å². The molecule has 0 atom stereocenters. The number of quaternary nitrogens is 1. The highest BCUT2D eigenvalue weighted by molar-refractivity contribution is 7.89. The fourth-order valence-corrected chi connectivity index (χ4v) is 6.09. The van der Waals surface area contributed by atoms with Gasteiger partial charge in [0.05, 0.1) is 31.1 Å². The third-order valence-corrected chi connectivity index (χ3v) is 7.97. The predicted molar refractivity (Wildman–Crippen MR) is 110 cm³/mol. The highest BCUT2D eigenvalue weighted by Crippen LogP contribution is 2.41. The summed E-state index contributed by atoms with van der Waals surface area (Å²) in [6.07, 6.45) is 0. The van der Waals surface area contributed by atoms with E-state index in [9.17, 15) is 12.8 Å². The highest BCUT2D eigenvalue weighted by atomic mass is 32.2. The van der Waals surface area contributed by atoms with E-state index in [1.807, 2.05) is 0 Å². The van der Waals surface area contributed by atoms with Crippen LogP contribution in [0.25, 0.3) is 11.1 Å². The molecule has 0 spiro atoms. The molecule has 1 aliphatic carbocycles. The molecular weight excluding hydrogens is 387 g/mol. The average molecular weight is 410 g/mol. The molecule has 1 N–H and O–H groups in total. The van der Waals surface area contributed by atoms with Gasteiger partial charge in [0.25, 0.3) is 0 Å². The lowest BCUT2D eigenvalue weighted by Gasteiger charge is -2.35. The normalized spacial score (nSPS) is 17.8. The summed E-state index contributed by atoms with van der Waals surface area (Å²) < 4.78 is 40.5.